The Bertz CT molecular complexity index is 595. The number of benzene rings is 1. The zero-order chi connectivity index (χ0) is 15.6. The van der Waals surface area contributed by atoms with Crippen LogP contribution in [0.15, 0.2) is 18.2 Å². The Morgan fingerprint density at radius 1 is 1.14 bits per heavy atom. The van der Waals surface area contributed by atoms with Crippen LogP contribution < -0.4 is 4.90 Å². The van der Waals surface area contributed by atoms with Crippen LogP contribution in [0.4, 0.5) is 16.2 Å². The van der Waals surface area contributed by atoms with E-state index in [0.29, 0.717) is 31.9 Å². The first kappa shape index (κ1) is 14.6. The Kier molecular flexibility index (Phi) is 3.92. The topological polar surface area (TPSA) is 124 Å². The largest absolute Gasteiger partial charge is 0.477 e. The number of hydrogen-bond donors (Lipinski definition) is 2. The number of aromatic carboxylic acids is 1. The summed E-state index contributed by atoms with van der Waals surface area (Å²) in [4.78, 5) is 35.0. The second-order valence-corrected chi connectivity index (χ2v) is 4.52. The highest BCUT2D eigenvalue weighted by Gasteiger charge is 2.24. The molecule has 0 aliphatic carbocycles. The molecular weight excluding hydrogens is 282 g/mol. The molecule has 0 radical (unpaired) electrons. The summed E-state index contributed by atoms with van der Waals surface area (Å²) in [5.41, 5.74) is -0.309. The van der Waals surface area contributed by atoms with Crippen molar-refractivity contribution < 1.29 is 24.7 Å². The average molecular weight is 295 g/mol. The highest BCUT2D eigenvalue weighted by molar-refractivity contribution is 5.93. The van der Waals surface area contributed by atoms with Gasteiger partial charge in [-0.2, -0.15) is 0 Å². The molecule has 0 spiro atoms. The van der Waals surface area contributed by atoms with Crippen molar-refractivity contribution in [1.82, 2.24) is 4.90 Å². The van der Waals surface area contributed by atoms with E-state index in [9.17, 15) is 19.7 Å². The Morgan fingerprint density at radius 2 is 1.76 bits per heavy atom. The van der Waals surface area contributed by atoms with Crippen LogP contribution in [-0.4, -0.2) is 58.3 Å². The van der Waals surface area contributed by atoms with Crippen LogP contribution in [0, 0.1) is 10.1 Å². The monoisotopic (exact) mass is 295 g/mol. The van der Waals surface area contributed by atoms with E-state index in [1.54, 1.807) is 4.90 Å². The van der Waals surface area contributed by atoms with Gasteiger partial charge >= 0.3 is 12.1 Å². The molecule has 112 valence electrons. The zero-order valence-electron chi connectivity index (χ0n) is 10.9. The Balaban J connectivity index is 2.22. The summed E-state index contributed by atoms with van der Waals surface area (Å²) in [5.74, 6) is -1.37. The molecule has 1 amide bonds. The second kappa shape index (κ2) is 5.65. The predicted molar refractivity (Wildman–Crippen MR) is 71.9 cm³/mol. The van der Waals surface area contributed by atoms with Crippen LogP contribution in [-0.2, 0) is 0 Å². The lowest BCUT2D eigenvalue weighted by molar-refractivity contribution is -0.385. The molecule has 9 nitrogen and oxygen atoms in total. The third kappa shape index (κ3) is 3.02. The van der Waals surface area contributed by atoms with Crippen LogP contribution >= 0.6 is 0 Å². The number of anilines is 1. The van der Waals surface area contributed by atoms with Crippen molar-refractivity contribution in [3.05, 3.63) is 33.9 Å². The summed E-state index contributed by atoms with van der Waals surface area (Å²) in [6, 6.07) is 3.88. The Labute approximate surface area is 119 Å². The van der Waals surface area contributed by atoms with Gasteiger partial charge in [0.2, 0.25) is 0 Å². The molecule has 1 fully saturated rings. The molecule has 1 saturated heterocycles. The minimum absolute atomic E-state index is 0.300. The first-order chi connectivity index (χ1) is 9.90. The van der Waals surface area contributed by atoms with Gasteiger partial charge in [0, 0.05) is 37.9 Å². The standard InChI is InChI=1S/C12H13N3O6/c16-11(17)9-7-8(1-2-10(9)15(20)21)13-3-5-14(6-4-13)12(18)19/h1-2,7H,3-6H2,(H,16,17)(H,18,19). The van der Waals surface area contributed by atoms with E-state index in [2.05, 4.69) is 0 Å². The zero-order valence-corrected chi connectivity index (χ0v) is 10.9. The molecule has 0 bridgehead atoms. The van der Waals surface area contributed by atoms with E-state index in [0.717, 1.165) is 6.07 Å². The van der Waals surface area contributed by atoms with Crippen LogP contribution in [0.1, 0.15) is 10.4 Å². The summed E-state index contributed by atoms with van der Waals surface area (Å²) in [6.07, 6.45) is -0.996. The molecule has 0 aromatic heterocycles. The van der Waals surface area contributed by atoms with Gasteiger partial charge < -0.3 is 20.0 Å². The maximum Gasteiger partial charge on any atom is 0.407 e. The van der Waals surface area contributed by atoms with Crippen molar-refractivity contribution in [2.45, 2.75) is 0 Å². The van der Waals surface area contributed by atoms with E-state index in [1.165, 1.54) is 17.0 Å². The molecule has 21 heavy (non-hydrogen) atoms. The number of nitro groups is 1. The SMILES string of the molecule is O=C(O)c1cc(N2CCN(C(=O)O)CC2)ccc1[N+](=O)[O-]. The lowest BCUT2D eigenvalue weighted by Crippen LogP contribution is -2.48. The number of rotatable bonds is 3. The van der Waals surface area contributed by atoms with Crippen LogP contribution in [0.5, 0.6) is 0 Å². The lowest BCUT2D eigenvalue weighted by atomic mass is 10.1. The van der Waals surface area contributed by atoms with Crippen LogP contribution in [0.2, 0.25) is 0 Å². The van der Waals surface area contributed by atoms with Gasteiger partial charge in [-0.15, -0.1) is 0 Å². The Morgan fingerprint density at radius 3 is 2.24 bits per heavy atom. The minimum atomic E-state index is -1.37. The fourth-order valence-electron chi connectivity index (χ4n) is 2.21. The van der Waals surface area contributed by atoms with E-state index >= 15 is 0 Å². The molecular formula is C12H13N3O6. The highest BCUT2D eigenvalue weighted by Crippen LogP contribution is 2.25. The summed E-state index contributed by atoms with van der Waals surface area (Å²) in [6.45, 7) is 1.41. The first-order valence-electron chi connectivity index (χ1n) is 6.14. The second-order valence-electron chi connectivity index (χ2n) is 4.52. The maximum absolute atomic E-state index is 11.1. The summed E-state index contributed by atoms with van der Waals surface area (Å²) in [7, 11) is 0. The van der Waals surface area contributed by atoms with Crippen molar-refractivity contribution in [3.63, 3.8) is 0 Å². The van der Waals surface area contributed by atoms with Gasteiger partial charge in [-0.1, -0.05) is 0 Å². The molecule has 0 unspecified atom stereocenters. The number of carboxylic acids is 1. The van der Waals surface area contributed by atoms with E-state index in [-0.39, 0.29) is 5.56 Å². The number of amides is 1. The van der Waals surface area contributed by atoms with Gasteiger partial charge in [0.25, 0.3) is 5.69 Å². The molecule has 2 rings (SSSR count). The van der Waals surface area contributed by atoms with Gasteiger partial charge in [0.05, 0.1) is 4.92 Å². The smallest absolute Gasteiger partial charge is 0.407 e. The van der Waals surface area contributed by atoms with Crippen molar-refractivity contribution in [3.8, 4) is 0 Å². The van der Waals surface area contributed by atoms with Gasteiger partial charge in [0.15, 0.2) is 0 Å². The maximum atomic E-state index is 11.1. The molecule has 1 heterocycles. The van der Waals surface area contributed by atoms with Gasteiger partial charge in [-0.25, -0.2) is 9.59 Å². The third-order valence-electron chi connectivity index (χ3n) is 3.32. The average Bonchev–Trinajstić information content (AvgIpc) is 2.46. The highest BCUT2D eigenvalue weighted by atomic mass is 16.6. The molecule has 1 aliphatic heterocycles. The fourth-order valence-corrected chi connectivity index (χ4v) is 2.21. The van der Waals surface area contributed by atoms with E-state index in [1.807, 2.05) is 0 Å². The molecule has 1 aliphatic rings. The number of nitrogens with zero attached hydrogens (tertiary/aromatic N) is 3. The van der Waals surface area contributed by atoms with Gasteiger partial charge in [-0.3, -0.25) is 10.1 Å². The van der Waals surface area contributed by atoms with E-state index in [4.69, 9.17) is 10.2 Å². The Hall–Kier alpha value is -2.84. The fraction of sp³-hybridized carbons (Fsp3) is 0.333. The molecule has 2 N–H and O–H groups in total. The lowest BCUT2D eigenvalue weighted by Gasteiger charge is -2.34. The molecule has 1 aromatic carbocycles. The van der Waals surface area contributed by atoms with Crippen LogP contribution in [0.3, 0.4) is 0 Å². The van der Waals surface area contributed by atoms with Crippen LogP contribution in [0.25, 0.3) is 0 Å². The molecule has 0 atom stereocenters. The number of carboxylic acid groups (broad SMARTS) is 2. The minimum Gasteiger partial charge on any atom is -0.477 e. The van der Waals surface area contributed by atoms with E-state index < -0.39 is 22.7 Å². The van der Waals surface area contributed by atoms with Gasteiger partial charge in [-0.05, 0) is 12.1 Å². The number of hydrogen-bond acceptors (Lipinski definition) is 5. The summed E-state index contributed by atoms with van der Waals surface area (Å²) in [5, 5.41) is 28.7. The third-order valence-corrected chi connectivity index (χ3v) is 3.32. The quantitative estimate of drug-likeness (QED) is 0.631. The number of nitro benzene ring substituents is 1. The van der Waals surface area contributed by atoms with Crippen molar-refractivity contribution >= 4 is 23.4 Å². The normalized spacial score (nSPS) is 14.9. The van der Waals surface area contributed by atoms with Crippen molar-refractivity contribution in [2.24, 2.45) is 0 Å². The summed E-state index contributed by atoms with van der Waals surface area (Å²) >= 11 is 0. The first-order valence-corrected chi connectivity index (χ1v) is 6.14. The molecule has 1 aromatic rings. The predicted octanol–water partition coefficient (Wildman–Crippen LogP) is 1.09. The van der Waals surface area contributed by atoms with Crippen molar-refractivity contribution in [2.75, 3.05) is 31.1 Å². The number of carbonyl (C=O) groups is 2. The van der Waals surface area contributed by atoms with Gasteiger partial charge in [0.1, 0.15) is 5.56 Å². The van der Waals surface area contributed by atoms with Crippen molar-refractivity contribution in [1.29, 1.82) is 0 Å². The molecule has 9 heteroatoms. The summed E-state index contributed by atoms with van der Waals surface area (Å²) < 4.78 is 0. The molecule has 0 saturated carbocycles. The number of piperazine rings is 1.